The number of hydrogen-bond acceptors (Lipinski definition) is 3. The monoisotopic (exact) mass is 293 g/mol. The highest BCUT2D eigenvalue weighted by Crippen LogP contribution is 2.31. The Balaban J connectivity index is 2.05. The van der Waals surface area contributed by atoms with Crippen LogP contribution in [0.5, 0.6) is 5.75 Å². The Morgan fingerprint density at radius 1 is 1.21 bits per heavy atom. The molecule has 0 amide bonds. The zero-order chi connectivity index (χ0) is 13.9. The highest BCUT2D eigenvalue weighted by Gasteiger charge is 2.32. The van der Waals surface area contributed by atoms with Gasteiger partial charge in [0.1, 0.15) is 0 Å². The van der Waals surface area contributed by atoms with E-state index in [2.05, 4.69) is 10.1 Å². The number of anilines is 1. The molecule has 0 bridgehead atoms. The van der Waals surface area contributed by atoms with Crippen molar-refractivity contribution in [3.8, 4) is 5.75 Å². The minimum Gasteiger partial charge on any atom is -0.404 e. The molecule has 0 aliphatic carbocycles. The third-order valence-corrected chi connectivity index (χ3v) is 4.24. The summed E-state index contributed by atoms with van der Waals surface area (Å²) in [6, 6.07) is 5.99. The van der Waals surface area contributed by atoms with Crippen molar-refractivity contribution < 1.29 is 22.1 Å². The molecule has 3 nitrogen and oxygen atoms in total. The first-order valence-electron chi connectivity index (χ1n) is 5.90. The molecule has 1 aliphatic heterocycles. The molecule has 0 aromatic heterocycles. The smallest absolute Gasteiger partial charge is 0.404 e. The van der Waals surface area contributed by atoms with Gasteiger partial charge in [0.25, 0.3) is 0 Å². The predicted molar refractivity (Wildman–Crippen MR) is 67.6 cm³/mol. The van der Waals surface area contributed by atoms with Gasteiger partial charge < -0.3 is 10.1 Å². The van der Waals surface area contributed by atoms with Crippen molar-refractivity contribution >= 4 is 16.5 Å². The third-order valence-electron chi connectivity index (χ3n) is 2.86. The van der Waals surface area contributed by atoms with E-state index in [1.165, 1.54) is 12.1 Å². The summed E-state index contributed by atoms with van der Waals surface area (Å²) in [4.78, 5) is 0. The van der Waals surface area contributed by atoms with Gasteiger partial charge in [0, 0.05) is 28.3 Å². The van der Waals surface area contributed by atoms with Gasteiger partial charge in [-0.1, -0.05) is 12.1 Å². The van der Waals surface area contributed by atoms with Crippen molar-refractivity contribution in [1.29, 1.82) is 0 Å². The zero-order valence-corrected chi connectivity index (χ0v) is 10.9. The molecule has 1 aromatic carbocycles. The van der Waals surface area contributed by atoms with E-state index in [4.69, 9.17) is 0 Å². The fourth-order valence-electron chi connectivity index (χ4n) is 1.96. The lowest BCUT2D eigenvalue weighted by molar-refractivity contribution is -0.274. The highest BCUT2D eigenvalue weighted by atomic mass is 32.2. The van der Waals surface area contributed by atoms with Crippen LogP contribution in [0.25, 0.3) is 0 Å². The van der Waals surface area contributed by atoms with Gasteiger partial charge in [-0.3, -0.25) is 4.21 Å². The molecule has 2 rings (SSSR count). The minimum atomic E-state index is -4.70. The molecular weight excluding hydrogens is 279 g/mol. The lowest BCUT2D eigenvalue weighted by Crippen LogP contribution is -2.29. The second-order valence-electron chi connectivity index (χ2n) is 4.31. The van der Waals surface area contributed by atoms with Crippen LogP contribution in [-0.2, 0) is 10.8 Å². The maximum Gasteiger partial charge on any atom is 0.573 e. The largest absolute Gasteiger partial charge is 0.573 e. The van der Waals surface area contributed by atoms with Gasteiger partial charge in [-0.25, -0.2) is 0 Å². The first-order valence-corrected chi connectivity index (χ1v) is 7.39. The summed E-state index contributed by atoms with van der Waals surface area (Å²) in [7, 11) is -0.791. The van der Waals surface area contributed by atoms with E-state index < -0.39 is 17.2 Å². The average molecular weight is 293 g/mol. The normalized spacial score (nSPS) is 23.9. The maximum absolute atomic E-state index is 12.3. The number of para-hydroxylation sites is 2. The van der Waals surface area contributed by atoms with Crippen molar-refractivity contribution in [1.82, 2.24) is 0 Å². The molecule has 0 radical (unpaired) electrons. The van der Waals surface area contributed by atoms with Crippen LogP contribution in [0.15, 0.2) is 24.3 Å². The fraction of sp³-hybridized carbons (Fsp3) is 0.500. The lowest BCUT2D eigenvalue weighted by atomic mass is 10.1. The van der Waals surface area contributed by atoms with E-state index in [0.717, 1.165) is 0 Å². The summed E-state index contributed by atoms with van der Waals surface area (Å²) < 4.78 is 52.0. The number of rotatable bonds is 3. The van der Waals surface area contributed by atoms with Gasteiger partial charge in [-0.15, -0.1) is 13.2 Å². The molecule has 106 valence electrons. The molecule has 7 heteroatoms. The van der Waals surface area contributed by atoms with Crippen molar-refractivity contribution in [2.45, 2.75) is 25.2 Å². The molecule has 1 aromatic rings. The molecular formula is C12H14F3NO2S. The van der Waals surface area contributed by atoms with Crippen LogP contribution in [0, 0.1) is 0 Å². The molecule has 1 saturated heterocycles. The number of benzene rings is 1. The highest BCUT2D eigenvalue weighted by molar-refractivity contribution is 7.85. The quantitative estimate of drug-likeness (QED) is 0.931. The lowest BCUT2D eigenvalue weighted by Gasteiger charge is -2.24. The Morgan fingerprint density at radius 2 is 1.84 bits per heavy atom. The summed E-state index contributed by atoms with van der Waals surface area (Å²) in [6.45, 7) is 0. The van der Waals surface area contributed by atoms with Crippen LogP contribution in [-0.4, -0.2) is 28.1 Å². The van der Waals surface area contributed by atoms with Gasteiger partial charge in [-0.05, 0) is 25.0 Å². The Bertz CT molecular complexity index is 455. The van der Waals surface area contributed by atoms with Crippen molar-refractivity contribution in [3.05, 3.63) is 24.3 Å². The topological polar surface area (TPSA) is 38.3 Å². The van der Waals surface area contributed by atoms with Gasteiger partial charge in [-0.2, -0.15) is 0 Å². The standard InChI is InChI=1S/C12H14F3NO2S/c13-12(14,15)18-11-4-2-1-3-10(11)16-9-5-7-19(17)8-6-9/h1-4,9,16H,5-8H2. The second-order valence-corrected chi connectivity index (χ2v) is 6.01. The number of ether oxygens (including phenoxy) is 1. The SMILES string of the molecule is O=S1CCC(Nc2ccccc2OC(F)(F)F)CC1. The second kappa shape index (κ2) is 5.81. The van der Waals surface area contributed by atoms with Crippen LogP contribution in [0.2, 0.25) is 0 Å². The van der Waals surface area contributed by atoms with E-state index in [1.54, 1.807) is 12.1 Å². The summed E-state index contributed by atoms with van der Waals surface area (Å²) >= 11 is 0. The molecule has 1 N–H and O–H groups in total. The third kappa shape index (κ3) is 4.41. The maximum atomic E-state index is 12.3. The Labute approximate surface area is 111 Å². The van der Waals surface area contributed by atoms with E-state index >= 15 is 0 Å². The van der Waals surface area contributed by atoms with Gasteiger partial charge in [0.15, 0.2) is 5.75 Å². The Hall–Kier alpha value is -1.24. The number of hydrogen-bond donors (Lipinski definition) is 1. The number of alkyl halides is 3. The number of halogens is 3. The Kier molecular flexibility index (Phi) is 4.34. The molecule has 1 heterocycles. The summed E-state index contributed by atoms with van der Waals surface area (Å²) in [5.74, 6) is 0.932. The number of nitrogens with one attached hydrogen (secondary N) is 1. The zero-order valence-electron chi connectivity index (χ0n) is 10.1. The van der Waals surface area contributed by atoms with Crippen molar-refractivity contribution in [2.75, 3.05) is 16.8 Å². The minimum absolute atomic E-state index is 0.0377. The molecule has 0 atom stereocenters. The van der Waals surface area contributed by atoms with Crippen molar-refractivity contribution in [2.24, 2.45) is 0 Å². The molecule has 0 unspecified atom stereocenters. The van der Waals surface area contributed by atoms with Gasteiger partial charge in [0.05, 0.1) is 5.69 Å². The molecule has 0 saturated carbocycles. The van der Waals surface area contributed by atoms with Crippen LogP contribution in [0.1, 0.15) is 12.8 Å². The van der Waals surface area contributed by atoms with E-state index in [1.807, 2.05) is 0 Å². The van der Waals surface area contributed by atoms with Crippen molar-refractivity contribution in [3.63, 3.8) is 0 Å². The summed E-state index contributed by atoms with van der Waals surface area (Å²) in [5.41, 5.74) is 0.317. The van der Waals surface area contributed by atoms with Crippen LogP contribution < -0.4 is 10.1 Å². The molecule has 1 aliphatic rings. The van der Waals surface area contributed by atoms with E-state index in [9.17, 15) is 17.4 Å². The first-order chi connectivity index (χ1) is 8.94. The van der Waals surface area contributed by atoms with Gasteiger partial charge >= 0.3 is 6.36 Å². The van der Waals surface area contributed by atoms with Crippen LogP contribution >= 0.6 is 0 Å². The molecule has 1 fully saturated rings. The van der Waals surface area contributed by atoms with E-state index in [-0.39, 0.29) is 11.8 Å². The molecule has 0 spiro atoms. The van der Waals surface area contributed by atoms with E-state index in [0.29, 0.717) is 30.0 Å². The first kappa shape index (κ1) is 14.2. The van der Waals surface area contributed by atoms with Crippen LogP contribution in [0.4, 0.5) is 18.9 Å². The average Bonchev–Trinajstić information content (AvgIpc) is 2.33. The fourth-order valence-corrected chi connectivity index (χ4v) is 3.26. The van der Waals surface area contributed by atoms with Crippen LogP contribution in [0.3, 0.4) is 0 Å². The summed E-state index contributed by atoms with van der Waals surface area (Å²) in [5, 5.41) is 3.03. The molecule has 19 heavy (non-hydrogen) atoms. The van der Waals surface area contributed by atoms with Gasteiger partial charge in [0.2, 0.25) is 0 Å². The Morgan fingerprint density at radius 3 is 2.47 bits per heavy atom. The summed E-state index contributed by atoms with van der Waals surface area (Å²) in [6.07, 6.45) is -3.33. The predicted octanol–water partition coefficient (Wildman–Crippen LogP) is 2.91.